The maximum absolute atomic E-state index is 12.8. The fourth-order valence-corrected chi connectivity index (χ4v) is 5.19. The number of benzene rings is 1. The lowest BCUT2D eigenvalue weighted by molar-refractivity contribution is -0.138. The maximum Gasteiger partial charge on any atom is 0.321 e. The topological polar surface area (TPSA) is 135 Å². The van der Waals surface area contributed by atoms with Crippen LogP contribution >= 0.6 is 35.3 Å². The Balaban J connectivity index is 0.00000380. The Kier molecular flexibility index (Phi) is 9.10. The molecule has 1 aliphatic heterocycles. The smallest absolute Gasteiger partial charge is 0.321 e. The second-order valence-electron chi connectivity index (χ2n) is 8.39. The SMILES string of the molecule is Cc1sc2c(c1C)C(c1ccc(Cl)cc1)=N[C@@H](CC(=O)NCC#CCC(N)C(=O)O)c1nnc(C)n1-2.Cl. The minimum Gasteiger partial charge on any atom is -0.480 e. The summed E-state index contributed by atoms with van der Waals surface area (Å²) in [5.74, 6) is 5.33. The van der Waals surface area contributed by atoms with Crippen LogP contribution in [0.3, 0.4) is 0 Å². The first-order valence-electron chi connectivity index (χ1n) is 11.2. The highest BCUT2D eigenvalue weighted by Crippen LogP contribution is 2.39. The molecule has 9 nitrogen and oxygen atoms in total. The molecular weight excluding hydrogens is 535 g/mol. The Bertz CT molecular complexity index is 1420. The number of carbonyl (C=O) groups excluding carboxylic acids is 1. The number of thiophene rings is 1. The average molecular weight is 561 g/mol. The fraction of sp³-hybridized carbons (Fsp3) is 0.320. The lowest BCUT2D eigenvalue weighted by atomic mass is 9.99. The number of aryl methyl sites for hydroxylation is 2. The van der Waals surface area contributed by atoms with Gasteiger partial charge in [0.15, 0.2) is 5.82 Å². The molecule has 3 heterocycles. The van der Waals surface area contributed by atoms with Crippen LogP contribution in [0.5, 0.6) is 0 Å². The Hall–Kier alpha value is -3.23. The molecule has 0 saturated heterocycles. The summed E-state index contributed by atoms with van der Waals surface area (Å²) < 4.78 is 1.98. The molecule has 1 amide bonds. The first-order valence-corrected chi connectivity index (χ1v) is 12.4. The maximum atomic E-state index is 12.8. The van der Waals surface area contributed by atoms with E-state index in [1.807, 2.05) is 35.8 Å². The van der Waals surface area contributed by atoms with E-state index in [1.54, 1.807) is 11.3 Å². The first kappa shape index (κ1) is 28.3. The minimum atomic E-state index is -1.12. The molecule has 4 rings (SSSR count). The Morgan fingerprint density at radius 2 is 1.92 bits per heavy atom. The first-order chi connectivity index (χ1) is 17.2. The molecule has 0 aliphatic carbocycles. The number of hydrogen-bond donors (Lipinski definition) is 3. The van der Waals surface area contributed by atoms with Crippen LogP contribution < -0.4 is 11.1 Å². The van der Waals surface area contributed by atoms with Gasteiger partial charge in [0.2, 0.25) is 5.91 Å². The van der Waals surface area contributed by atoms with E-state index in [2.05, 4.69) is 41.2 Å². The lowest BCUT2D eigenvalue weighted by Crippen LogP contribution is -2.29. The molecule has 2 atom stereocenters. The van der Waals surface area contributed by atoms with Gasteiger partial charge in [-0.05, 0) is 38.5 Å². The van der Waals surface area contributed by atoms with E-state index >= 15 is 0 Å². The molecule has 0 radical (unpaired) electrons. The summed E-state index contributed by atoms with van der Waals surface area (Å²) in [5.41, 5.74) is 9.21. The number of aromatic nitrogens is 3. The van der Waals surface area contributed by atoms with E-state index in [1.165, 1.54) is 0 Å². The van der Waals surface area contributed by atoms with Crippen molar-refractivity contribution in [2.45, 2.75) is 45.7 Å². The number of carbonyl (C=O) groups is 2. The number of rotatable bonds is 6. The summed E-state index contributed by atoms with van der Waals surface area (Å²) in [6.07, 6.45) is 0.0463. The van der Waals surface area contributed by atoms with E-state index in [-0.39, 0.29) is 37.7 Å². The number of nitrogens with two attached hydrogens (primary N) is 1. The normalized spacial score (nSPS) is 14.6. The zero-order valence-corrected chi connectivity index (χ0v) is 22.8. The van der Waals surface area contributed by atoms with Gasteiger partial charge in [-0.15, -0.1) is 33.9 Å². The monoisotopic (exact) mass is 560 g/mol. The quantitative estimate of drug-likeness (QED) is 0.394. The molecule has 0 bridgehead atoms. The van der Waals surface area contributed by atoms with Crippen molar-refractivity contribution >= 4 is 52.9 Å². The predicted octanol–water partition coefficient (Wildman–Crippen LogP) is 3.53. The molecule has 12 heteroatoms. The molecule has 1 unspecified atom stereocenters. The van der Waals surface area contributed by atoms with E-state index in [0.717, 1.165) is 32.3 Å². The van der Waals surface area contributed by atoms with Gasteiger partial charge in [0, 0.05) is 27.4 Å². The molecule has 1 aromatic carbocycles. The number of carboxylic acids is 1. The van der Waals surface area contributed by atoms with E-state index in [0.29, 0.717) is 16.7 Å². The molecular formula is C25H26Cl2N6O3S. The van der Waals surface area contributed by atoms with Gasteiger partial charge >= 0.3 is 5.97 Å². The number of carboxylic acid groups (broad SMARTS) is 1. The Morgan fingerprint density at radius 1 is 1.22 bits per heavy atom. The molecule has 4 N–H and O–H groups in total. The van der Waals surface area contributed by atoms with Gasteiger partial charge in [0.05, 0.1) is 18.7 Å². The van der Waals surface area contributed by atoms with Crippen molar-refractivity contribution in [1.82, 2.24) is 20.1 Å². The second-order valence-corrected chi connectivity index (χ2v) is 10.0. The molecule has 3 aromatic rings. The number of fused-ring (bicyclic) bond motifs is 3. The van der Waals surface area contributed by atoms with Gasteiger partial charge in [-0.3, -0.25) is 19.1 Å². The third-order valence-electron chi connectivity index (χ3n) is 5.87. The Labute approximate surface area is 229 Å². The number of hydrogen-bond acceptors (Lipinski definition) is 7. The summed E-state index contributed by atoms with van der Waals surface area (Å²) in [7, 11) is 0. The van der Waals surface area contributed by atoms with Crippen molar-refractivity contribution < 1.29 is 14.7 Å². The summed E-state index contributed by atoms with van der Waals surface area (Å²) in [6, 6.07) is 5.85. The number of amides is 1. The van der Waals surface area contributed by atoms with E-state index in [9.17, 15) is 9.59 Å². The number of nitrogens with zero attached hydrogens (tertiary/aromatic N) is 4. The molecule has 0 saturated carbocycles. The van der Waals surface area contributed by atoms with Crippen LogP contribution in [0.1, 0.15) is 52.1 Å². The highest BCUT2D eigenvalue weighted by Gasteiger charge is 2.32. The molecule has 1 aliphatic rings. The van der Waals surface area contributed by atoms with Crippen molar-refractivity contribution in [1.29, 1.82) is 0 Å². The van der Waals surface area contributed by atoms with Crippen LogP contribution in [0.25, 0.3) is 5.00 Å². The highest BCUT2D eigenvalue weighted by atomic mass is 35.5. The van der Waals surface area contributed by atoms with Crippen LogP contribution in [0, 0.1) is 32.6 Å². The van der Waals surface area contributed by atoms with Crippen molar-refractivity contribution in [3.63, 3.8) is 0 Å². The van der Waals surface area contributed by atoms with Crippen molar-refractivity contribution in [2.24, 2.45) is 10.7 Å². The number of aliphatic imine (C=N–C) groups is 1. The van der Waals surface area contributed by atoms with Gasteiger partial charge in [-0.2, -0.15) is 0 Å². The third-order valence-corrected chi connectivity index (χ3v) is 7.32. The van der Waals surface area contributed by atoms with Crippen LogP contribution in [0.15, 0.2) is 29.3 Å². The molecule has 0 fully saturated rings. The van der Waals surface area contributed by atoms with Crippen LogP contribution in [0.4, 0.5) is 0 Å². The van der Waals surface area contributed by atoms with Gasteiger partial charge in [-0.1, -0.05) is 35.6 Å². The highest BCUT2D eigenvalue weighted by molar-refractivity contribution is 7.15. The average Bonchev–Trinajstić information content (AvgIpc) is 3.31. The summed E-state index contributed by atoms with van der Waals surface area (Å²) in [6.45, 7) is 6.09. The van der Waals surface area contributed by atoms with Gasteiger partial charge in [0.25, 0.3) is 0 Å². The van der Waals surface area contributed by atoms with E-state index < -0.39 is 18.1 Å². The van der Waals surface area contributed by atoms with Gasteiger partial charge < -0.3 is 16.2 Å². The molecule has 0 spiro atoms. The van der Waals surface area contributed by atoms with Crippen molar-refractivity contribution in [3.8, 4) is 16.8 Å². The summed E-state index contributed by atoms with van der Waals surface area (Å²) >= 11 is 7.78. The number of nitrogens with one attached hydrogen (secondary N) is 1. The standard InChI is InChI=1S/C25H25ClN6O3S.ClH/c1-13-14(2)36-24-21(13)22(16-7-9-17(26)10-8-16)29-19(23-31-30-15(3)32(23)24)12-20(33)28-11-5-4-6-18(27)25(34)35;/h7-10,18-19H,6,11-12,27H2,1-3H3,(H,28,33)(H,34,35);1H/t18?,19-;/m0./s1. The van der Waals surface area contributed by atoms with Crippen molar-refractivity contribution in [3.05, 3.63) is 62.5 Å². The van der Waals surface area contributed by atoms with Gasteiger partial charge in [0.1, 0.15) is 22.9 Å². The molecule has 194 valence electrons. The molecule has 37 heavy (non-hydrogen) atoms. The second kappa shape index (κ2) is 11.9. The summed E-state index contributed by atoms with van der Waals surface area (Å²) in [5, 5.41) is 21.8. The Morgan fingerprint density at radius 3 is 2.59 bits per heavy atom. The predicted molar refractivity (Wildman–Crippen MR) is 146 cm³/mol. The van der Waals surface area contributed by atoms with Crippen LogP contribution in [0.2, 0.25) is 5.02 Å². The molecule has 2 aromatic heterocycles. The third kappa shape index (κ3) is 6.02. The van der Waals surface area contributed by atoms with Crippen LogP contribution in [-0.4, -0.2) is 50.0 Å². The zero-order valence-electron chi connectivity index (χ0n) is 20.4. The summed E-state index contributed by atoms with van der Waals surface area (Å²) in [4.78, 5) is 29.8. The zero-order chi connectivity index (χ0) is 26.0. The lowest BCUT2D eigenvalue weighted by Gasteiger charge is -2.12. The van der Waals surface area contributed by atoms with Crippen LogP contribution in [-0.2, 0) is 9.59 Å². The number of aliphatic carboxylic acids is 1. The largest absolute Gasteiger partial charge is 0.480 e. The minimum absolute atomic E-state index is 0. The van der Waals surface area contributed by atoms with Gasteiger partial charge in [-0.25, -0.2) is 0 Å². The van der Waals surface area contributed by atoms with Crippen molar-refractivity contribution in [2.75, 3.05) is 6.54 Å². The fourth-order valence-electron chi connectivity index (χ4n) is 3.86. The van der Waals surface area contributed by atoms with E-state index in [4.69, 9.17) is 27.4 Å². The number of halogens is 2.